The van der Waals surface area contributed by atoms with Crippen molar-refractivity contribution in [1.82, 2.24) is 0 Å². The molecule has 0 aromatic carbocycles. The first-order valence-electron chi connectivity index (χ1n) is 0.478. The van der Waals surface area contributed by atoms with Gasteiger partial charge < -0.3 is 0 Å². The molecule has 0 unspecified atom stereocenters. The van der Waals surface area contributed by atoms with Crippen LogP contribution in [0.2, 0.25) is 0 Å². The summed E-state index contributed by atoms with van der Waals surface area (Å²) in [4.78, 5) is 0. The molecular formula is Cl4Pd. The Kier molecular flexibility index (Phi) is 3.02. The van der Waals surface area contributed by atoms with E-state index < -0.39 is 11.5 Å². The van der Waals surface area contributed by atoms with Crippen LogP contribution in [0.3, 0.4) is 0 Å². The molecule has 0 saturated heterocycles. The molecule has 0 N–H and O–H groups in total. The molecule has 0 amide bonds. The maximum atomic E-state index is 4.98. The summed E-state index contributed by atoms with van der Waals surface area (Å²) in [6.07, 6.45) is 0. The maximum absolute atomic E-state index is 4.98. The first-order valence-corrected chi connectivity index (χ1v) is 8.49. The van der Waals surface area contributed by atoms with Gasteiger partial charge in [0.1, 0.15) is 0 Å². The Morgan fingerprint density at radius 2 is 0.800 bits per heavy atom. The van der Waals surface area contributed by atoms with E-state index in [4.69, 9.17) is 38.1 Å². The van der Waals surface area contributed by atoms with Crippen LogP contribution >= 0.6 is 38.1 Å². The van der Waals surface area contributed by atoms with Crippen molar-refractivity contribution < 1.29 is 11.5 Å². The van der Waals surface area contributed by atoms with Gasteiger partial charge in [-0.2, -0.15) is 0 Å². The van der Waals surface area contributed by atoms with E-state index in [1.165, 1.54) is 0 Å². The van der Waals surface area contributed by atoms with Crippen molar-refractivity contribution >= 4 is 38.1 Å². The van der Waals surface area contributed by atoms with Gasteiger partial charge in [-0.05, 0) is 0 Å². The molecule has 0 heterocycles. The van der Waals surface area contributed by atoms with Crippen LogP contribution < -0.4 is 0 Å². The molecule has 0 nitrogen and oxygen atoms in total. The summed E-state index contributed by atoms with van der Waals surface area (Å²) >= 11 is -2.81. The van der Waals surface area contributed by atoms with Gasteiger partial charge >= 0.3 is 49.6 Å². The zero-order valence-electron chi connectivity index (χ0n) is 1.83. The summed E-state index contributed by atoms with van der Waals surface area (Å²) in [7, 11) is 19.9. The predicted molar refractivity (Wildman–Crippen MR) is 23.4 cm³/mol. The van der Waals surface area contributed by atoms with Gasteiger partial charge in [-0.25, -0.2) is 0 Å². The third-order valence-corrected chi connectivity index (χ3v) is 0. The molecule has 0 aliphatic carbocycles. The fourth-order valence-corrected chi connectivity index (χ4v) is 0. The summed E-state index contributed by atoms with van der Waals surface area (Å²) in [6, 6.07) is 0. The van der Waals surface area contributed by atoms with Crippen LogP contribution in [0.4, 0.5) is 0 Å². The Bertz CT molecular complexity index is 19.1. The van der Waals surface area contributed by atoms with Gasteiger partial charge in [0.05, 0.1) is 0 Å². The van der Waals surface area contributed by atoms with E-state index in [1.807, 2.05) is 0 Å². The molecule has 0 saturated carbocycles. The molecule has 0 spiro atoms. The Labute approximate surface area is 49.3 Å². The summed E-state index contributed by atoms with van der Waals surface area (Å²) < 4.78 is 0. The van der Waals surface area contributed by atoms with Crippen molar-refractivity contribution in [3.05, 3.63) is 0 Å². The Morgan fingerprint density at radius 3 is 0.800 bits per heavy atom. The Morgan fingerprint density at radius 1 is 0.800 bits per heavy atom. The zero-order chi connectivity index (χ0) is 4.50. The van der Waals surface area contributed by atoms with Crippen LogP contribution in [-0.4, -0.2) is 0 Å². The molecule has 0 atom stereocenters. The average Bonchev–Trinajstić information content (AvgIpc) is 0.722. The third kappa shape index (κ3) is 25.6. The van der Waals surface area contributed by atoms with E-state index in [1.54, 1.807) is 0 Å². The zero-order valence-corrected chi connectivity index (χ0v) is 6.41. The van der Waals surface area contributed by atoms with Gasteiger partial charge in [-0.1, -0.05) is 0 Å². The number of halogens is 4. The van der Waals surface area contributed by atoms with Crippen LogP contribution in [0.5, 0.6) is 0 Å². The number of hydrogen-bond donors (Lipinski definition) is 0. The van der Waals surface area contributed by atoms with Crippen molar-refractivity contribution in [3.8, 4) is 0 Å². The monoisotopic (exact) mass is 246 g/mol. The normalized spacial score (nSPS) is 15.2. The molecule has 38 valence electrons. The molecule has 0 aromatic heterocycles. The van der Waals surface area contributed by atoms with Gasteiger partial charge in [0.25, 0.3) is 0 Å². The van der Waals surface area contributed by atoms with Crippen molar-refractivity contribution in [2.45, 2.75) is 0 Å². The molecule has 0 bridgehead atoms. The second-order valence-corrected chi connectivity index (χ2v) is 14.4. The van der Waals surface area contributed by atoms with Crippen molar-refractivity contribution in [3.63, 3.8) is 0 Å². The van der Waals surface area contributed by atoms with Gasteiger partial charge in [0, 0.05) is 0 Å². The van der Waals surface area contributed by atoms with E-state index in [2.05, 4.69) is 0 Å². The summed E-state index contributed by atoms with van der Waals surface area (Å²) in [6.45, 7) is 0. The number of hydrogen-bond acceptors (Lipinski definition) is 0. The third-order valence-electron chi connectivity index (χ3n) is 0. The standard InChI is InChI=1S/4ClH.Pd/h4*1H;/q;;;;+4/p-4. The summed E-state index contributed by atoms with van der Waals surface area (Å²) in [5, 5.41) is 0. The van der Waals surface area contributed by atoms with E-state index in [0.29, 0.717) is 0 Å². The quantitative estimate of drug-likeness (QED) is 0.578. The first kappa shape index (κ1) is 6.82. The van der Waals surface area contributed by atoms with Crippen LogP contribution in [-0.2, 0) is 11.5 Å². The SMILES string of the molecule is [Cl][Pd]([Cl])([Cl])[Cl]. The van der Waals surface area contributed by atoms with E-state index in [-0.39, 0.29) is 0 Å². The van der Waals surface area contributed by atoms with Crippen LogP contribution in [0, 0.1) is 0 Å². The molecule has 5 heavy (non-hydrogen) atoms. The van der Waals surface area contributed by atoms with Crippen LogP contribution in [0.1, 0.15) is 0 Å². The van der Waals surface area contributed by atoms with Gasteiger partial charge in [-0.15, -0.1) is 0 Å². The van der Waals surface area contributed by atoms with E-state index >= 15 is 0 Å². The Balaban J connectivity index is 3.02. The molecule has 0 aliphatic rings. The van der Waals surface area contributed by atoms with Gasteiger partial charge in [-0.3, -0.25) is 0 Å². The molecule has 0 radical (unpaired) electrons. The average molecular weight is 248 g/mol. The fourth-order valence-electron chi connectivity index (χ4n) is 0. The molecule has 0 fully saturated rings. The fraction of sp³-hybridized carbons (Fsp3) is 0. The molecule has 5 heteroatoms. The van der Waals surface area contributed by atoms with Crippen LogP contribution in [0.25, 0.3) is 0 Å². The minimum absolute atomic E-state index is 2.81. The topological polar surface area (TPSA) is 0 Å². The minimum atomic E-state index is -2.81. The molecule has 0 aromatic rings. The second-order valence-electron chi connectivity index (χ2n) is 0.271. The van der Waals surface area contributed by atoms with Crippen molar-refractivity contribution in [2.75, 3.05) is 0 Å². The molecule has 0 rings (SSSR count). The van der Waals surface area contributed by atoms with Crippen LogP contribution in [0.15, 0.2) is 0 Å². The van der Waals surface area contributed by atoms with E-state index in [9.17, 15) is 0 Å². The molecular weight excluding hydrogens is 248 g/mol. The Hall–Kier alpha value is 1.82. The van der Waals surface area contributed by atoms with Gasteiger partial charge in [0.15, 0.2) is 0 Å². The predicted octanol–water partition coefficient (Wildman–Crippen LogP) is 2.76. The summed E-state index contributed by atoms with van der Waals surface area (Å²) in [5.41, 5.74) is 0. The first-order chi connectivity index (χ1) is 2.00. The van der Waals surface area contributed by atoms with E-state index in [0.717, 1.165) is 0 Å². The van der Waals surface area contributed by atoms with Crippen molar-refractivity contribution in [2.24, 2.45) is 0 Å². The summed E-state index contributed by atoms with van der Waals surface area (Å²) in [5.74, 6) is 0. The molecule has 0 aliphatic heterocycles. The van der Waals surface area contributed by atoms with Crippen molar-refractivity contribution in [1.29, 1.82) is 0 Å². The number of rotatable bonds is 0. The van der Waals surface area contributed by atoms with Gasteiger partial charge in [0.2, 0.25) is 0 Å². The second kappa shape index (κ2) is 2.21.